The zero-order chi connectivity index (χ0) is 12.5. The highest BCUT2D eigenvalue weighted by Gasteiger charge is 2.21. The van der Waals surface area contributed by atoms with Crippen LogP contribution in [0.25, 0.3) is 5.82 Å². The van der Waals surface area contributed by atoms with E-state index in [9.17, 15) is 4.79 Å². The fourth-order valence-corrected chi connectivity index (χ4v) is 2.31. The zero-order valence-electron chi connectivity index (χ0n) is 10.3. The van der Waals surface area contributed by atoms with E-state index >= 15 is 0 Å². The molecular weight excluding hydrogens is 228 g/mol. The van der Waals surface area contributed by atoms with Crippen LogP contribution in [0.1, 0.15) is 41.0 Å². The summed E-state index contributed by atoms with van der Waals surface area (Å²) in [6.45, 7) is 1.92. The second-order valence-corrected chi connectivity index (χ2v) is 4.56. The normalized spacial score (nSPS) is 15.3. The lowest BCUT2D eigenvalue weighted by atomic mass is 10.1. The standard InChI is InChI=1S/C13H14N4O/c1-9-6-13(15-8-14-9)17-11-4-2-3-5-12(18)10(11)7-16-17/h6-8H,2-5H2,1H3. The van der Waals surface area contributed by atoms with Gasteiger partial charge in [-0.2, -0.15) is 5.10 Å². The van der Waals surface area contributed by atoms with Gasteiger partial charge in [-0.05, 0) is 26.2 Å². The van der Waals surface area contributed by atoms with E-state index in [1.807, 2.05) is 13.0 Å². The second-order valence-electron chi connectivity index (χ2n) is 4.56. The molecule has 92 valence electrons. The van der Waals surface area contributed by atoms with Crippen LogP contribution in [0.4, 0.5) is 0 Å². The highest BCUT2D eigenvalue weighted by molar-refractivity contribution is 5.97. The van der Waals surface area contributed by atoms with Crippen LogP contribution in [0.3, 0.4) is 0 Å². The summed E-state index contributed by atoms with van der Waals surface area (Å²) in [5, 5.41) is 4.31. The molecule has 0 aromatic carbocycles. The first kappa shape index (κ1) is 11.1. The lowest BCUT2D eigenvalue weighted by Gasteiger charge is -2.06. The van der Waals surface area contributed by atoms with E-state index in [1.54, 1.807) is 10.9 Å². The third kappa shape index (κ3) is 1.81. The average Bonchev–Trinajstić information content (AvgIpc) is 2.70. The van der Waals surface area contributed by atoms with Crippen LogP contribution in [0, 0.1) is 6.92 Å². The molecule has 5 nitrogen and oxygen atoms in total. The summed E-state index contributed by atoms with van der Waals surface area (Å²) < 4.78 is 1.77. The maximum atomic E-state index is 11.9. The van der Waals surface area contributed by atoms with Gasteiger partial charge in [0.05, 0.1) is 17.5 Å². The summed E-state index contributed by atoms with van der Waals surface area (Å²) in [4.78, 5) is 20.2. The molecule has 0 bridgehead atoms. The van der Waals surface area contributed by atoms with Crippen molar-refractivity contribution in [2.75, 3.05) is 0 Å². The maximum absolute atomic E-state index is 11.9. The van der Waals surface area contributed by atoms with E-state index in [2.05, 4.69) is 15.1 Å². The van der Waals surface area contributed by atoms with Crippen molar-refractivity contribution in [2.45, 2.75) is 32.6 Å². The van der Waals surface area contributed by atoms with Crippen LogP contribution >= 0.6 is 0 Å². The largest absolute Gasteiger partial charge is 0.294 e. The lowest BCUT2D eigenvalue weighted by molar-refractivity contribution is 0.0982. The lowest BCUT2D eigenvalue weighted by Crippen LogP contribution is -2.06. The van der Waals surface area contributed by atoms with E-state index < -0.39 is 0 Å². The molecule has 0 spiro atoms. The zero-order valence-corrected chi connectivity index (χ0v) is 10.3. The molecular formula is C13H14N4O. The minimum absolute atomic E-state index is 0.194. The molecule has 2 heterocycles. The van der Waals surface area contributed by atoms with Gasteiger partial charge in [-0.1, -0.05) is 0 Å². The number of aryl methyl sites for hydroxylation is 1. The van der Waals surface area contributed by atoms with Gasteiger partial charge in [0, 0.05) is 18.2 Å². The minimum atomic E-state index is 0.194. The molecule has 1 aliphatic carbocycles. The molecule has 0 fully saturated rings. The Morgan fingerprint density at radius 1 is 1.22 bits per heavy atom. The van der Waals surface area contributed by atoms with E-state index in [4.69, 9.17) is 0 Å². The van der Waals surface area contributed by atoms with Crippen LogP contribution in [0.5, 0.6) is 0 Å². The quantitative estimate of drug-likeness (QED) is 0.716. The number of ketones is 1. The van der Waals surface area contributed by atoms with Crippen LogP contribution in [-0.2, 0) is 6.42 Å². The van der Waals surface area contributed by atoms with Crippen LogP contribution in [0.2, 0.25) is 0 Å². The molecule has 18 heavy (non-hydrogen) atoms. The molecule has 0 N–H and O–H groups in total. The SMILES string of the molecule is Cc1cc(-n2ncc3c2CCCCC3=O)ncn1. The van der Waals surface area contributed by atoms with Crippen LogP contribution in [-0.4, -0.2) is 25.5 Å². The number of Topliss-reactive ketones (excluding diaryl/α,β-unsaturated/α-hetero) is 1. The molecule has 5 heteroatoms. The van der Waals surface area contributed by atoms with Crippen molar-refractivity contribution in [3.63, 3.8) is 0 Å². The molecule has 0 amide bonds. The van der Waals surface area contributed by atoms with E-state index in [0.29, 0.717) is 6.42 Å². The summed E-state index contributed by atoms with van der Waals surface area (Å²) in [5.74, 6) is 0.929. The number of carbonyl (C=O) groups is 1. The summed E-state index contributed by atoms with van der Waals surface area (Å²) in [6.07, 6.45) is 6.67. The van der Waals surface area contributed by atoms with E-state index in [1.165, 1.54) is 6.33 Å². The monoisotopic (exact) mass is 242 g/mol. The van der Waals surface area contributed by atoms with Crippen LogP contribution in [0.15, 0.2) is 18.6 Å². The topological polar surface area (TPSA) is 60.7 Å². The summed E-state index contributed by atoms with van der Waals surface area (Å²) in [5.41, 5.74) is 2.63. The van der Waals surface area contributed by atoms with Crippen molar-refractivity contribution in [2.24, 2.45) is 0 Å². The van der Waals surface area contributed by atoms with Gasteiger partial charge in [-0.15, -0.1) is 0 Å². The first-order valence-corrected chi connectivity index (χ1v) is 6.15. The fourth-order valence-electron chi connectivity index (χ4n) is 2.31. The molecule has 1 aliphatic rings. The number of carbonyl (C=O) groups excluding carboxylic acids is 1. The van der Waals surface area contributed by atoms with Gasteiger partial charge in [0.15, 0.2) is 11.6 Å². The Morgan fingerprint density at radius 3 is 2.89 bits per heavy atom. The summed E-state index contributed by atoms with van der Waals surface area (Å²) in [6, 6.07) is 1.88. The molecule has 0 saturated carbocycles. The highest BCUT2D eigenvalue weighted by atomic mass is 16.1. The molecule has 0 radical (unpaired) electrons. The summed E-state index contributed by atoms with van der Waals surface area (Å²) in [7, 11) is 0. The van der Waals surface area contributed by atoms with Crippen molar-refractivity contribution in [1.82, 2.24) is 19.7 Å². The molecule has 0 saturated heterocycles. The predicted molar refractivity (Wildman–Crippen MR) is 65.8 cm³/mol. The molecule has 0 atom stereocenters. The highest BCUT2D eigenvalue weighted by Crippen LogP contribution is 2.22. The van der Waals surface area contributed by atoms with Gasteiger partial charge < -0.3 is 0 Å². The number of nitrogens with zero attached hydrogens (tertiary/aromatic N) is 4. The van der Waals surface area contributed by atoms with Crippen molar-refractivity contribution < 1.29 is 4.79 Å². The Morgan fingerprint density at radius 2 is 2.06 bits per heavy atom. The van der Waals surface area contributed by atoms with Crippen molar-refractivity contribution in [3.8, 4) is 5.82 Å². The predicted octanol–water partition coefficient (Wildman–Crippen LogP) is 1.88. The van der Waals surface area contributed by atoms with Gasteiger partial charge in [0.1, 0.15) is 6.33 Å². The molecule has 2 aromatic heterocycles. The van der Waals surface area contributed by atoms with E-state index in [0.717, 1.165) is 42.0 Å². The molecule has 3 rings (SSSR count). The first-order chi connectivity index (χ1) is 8.75. The number of fused-ring (bicyclic) bond motifs is 1. The fraction of sp³-hybridized carbons (Fsp3) is 0.385. The number of rotatable bonds is 1. The van der Waals surface area contributed by atoms with Gasteiger partial charge >= 0.3 is 0 Å². The number of hydrogen-bond donors (Lipinski definition) is 0. The van der Waals surface area contributed by atoms with Crippen molar-refractivity contribution >= 4 is 5.78 Å². The molecule has 0 aliphatic heterocycles. The number of hydrogen-bond acceptors (Lipinski definition) is 4. The van der Waals surface area contributed by atoms with Crippen molar-refractivity contribution in [1.29, 1.82) is 0 Å². The van der Waals surface area contributed by atoms with Gasteiger partial charge in [0.25, 0.3) is 0 Å². The Labute approximate surface area is 105 Å². The summed E-state index contributed by atoms with van der Waals surface area (Å²) >= 11 is 0. The van der Waals surface area contributed by atoms with Crippen LogP contribution < -0.4 is 0 Å². The van der Waals surface area contributed by atoms with Gasteiger partial charge in [-0.3, -0.25) is 4.79 Å². The third-order valence-electron chi connectivity index (χ3n) is 3.24. The molecule has 0 unspecified atom stereocenters. The minimum Gasteiger partial charge on any atom is -0.294 e. The average molecular weight is 242 g/mol. The Hall–Kier alpha value is -2.04. The van der Waals surface area contributed by atoms with Gasteiger partial charge in [-0.25, -0.2) is 14.6 Å². The number of aromatic nitrogens is 4. The van der Waals surface area contributed by atoms with Gasteiger partial charge in [0.2, 0.25) is 0 Å². The Kier molecular flexibility index (Phi) is 2.66. The van der Waals surface area contributed by atoms with Crippen molar-refractivity contribution in [3.05, 3.63) is 35.5 Å². The second kappa shape index (κ2) is 4.33. The Bertz CT molecular complexity index is 603. The molecule has 2 aromatic rings. The smallest absolute Gasteiger partial charge is 0.166 e. The Balaban J connectivity index is 2.11. The van der Waals surface area contributed by atoms with E-state index in [-0.39, 0.29) is 5.78 Å². The third-order valence-corrected chi connectivity index (χ3v) is 3.24. The first-order valence-electron chi connectivity index (χ1n) is 6.15. The maximum Gasteiger partial charge on any atom is 0.166 e.